The lowest BCUT2D eigenvalue weighted by molar-refractivity contribution is 1.16. The first-order valence-corrected chi connectivity index (χ1v) is 7.13. The molecule has 0 amide bonds. The van der Waals surface area contributed by atoms with Crippen LogP contribution in [0.1, 0.15) is 27.8 Å². The highest BCUT2D eigenvalue weighted by atomic mass is 32.2. The van der Waals surface area contributed by atoms with Gasteiger partial charge in [0.25, 0.3) is 0 Å². The maximum absolute atomic E-state index is 2.22. The molecule has 0 unspecified atom stereocenters. The van der Waals surface area contributed by atoms with E-state index in [1.54, 1.807) is 0 Å². The van der Waals surface area contributed by atoms with Gasteiger partial charge in [0.1, 0.15) is 0 Å². The molecule has 0 bridgehead atoms. The fourth-order valence-corrected chi connectivity index (χ4v) is 3.25. The van der Waals surface area contributed by atoms with Gasteiger partial charge < -0.3 is 0 Å². The Bertz CT molecular complexity index is 582. The summed E-state index contributed by atoms with van der Waals surface area (Å²) in [6.07, 6.45) is 0. The molecule has 0 aliphatic heterocycles. The largest absolute Gasteiger partial charge is 0.0892 e. The maximum atomic E-state index is 2.22. The predicted molar refractivity (Wildman–Crippen MR) is 80.7 cm³/mol. The average Bonchev–Trinajstić information content (AvgIpc) is 2.35. The van der Waals surface area contributed by atoms with Crippen molar-refractivity contribution in [2.24, 2.45) is 0 Å². The van der Waals surface area contributed by atoms with E-state index in [1.807, 2.05) is 11.8 Å². The number of benzene rings is 2. The molecule has 0 atom stereocenters. The Morgan fingerprint density at radius 2 is 1.28 bits per heavy atom. The Labute approximate surface area is 114 Å². The number of aryl methyl sites for hydroxylation is 3. The Hall–Kier alpha value is -1.21. The summed E-state index contributed by atoms with van der Waals surface area (Å²) < 4.78 is 0. The minimum Gasteiger partial charge on any atom is -0.0892 e. The molecular weight excluding hydrogens is 236 g/mol. The smallest absolute Gasteiger partial charge is 0.0183 e. The molecule has 0 saturated heterocycles. The van der Waals surface area contributed by atoms with Gasteiger partial charge in [-0.05, 0) is 68.5 Å². The molecule has 1 heteroatoms. The van der Waals surface area contributed by atoms with Crippen LogP contribution in [0.15, 0.2) is 40.1 Å². The van der Waals surface area contributed by atoms with E-state index in [-0.39, 0.29) is 0 Å². The molecule has 2 aromatic rings. The highest BCUT2D eigenvalue weighted by Gasteiger charge is 2.09. The van der Waals surface area contributed by atoms with Gasteiger partial charge in [-0.15, -0.1) is 0 Å². The van der Waals surface area contributed by atoms with Gasteiger partial charge in [0, 0.05) is 9.79 Å². The molecule has 18 heavy (non-hydrogen) atoms. The van der Waals surface area contributed by atoms with Crippen LogP contribution in [0, 0.1) is 34.6 Å². The van der Waals surface area contributed by atoms with E-state index in [1.165, 1.54) is 37.6 Å². The Morgan fingerprint density at radius 1 is 0.667 bits per heavy atom. The van der Waals surface area contributed by atoms with E-state index in [2.05, 4.69) is 65.0 Å². The second-order valence-corrected chi connectivity index (χ2v) is 6.01. The summed E-state index contributed by atoms with van der Waals surface area (Å²) in [7, 11) is 0. The van der Waals surface area contributed by atoms with Gasteiger partial charge in [0.05, 0.1) is 0 Å². The lowest BCUT2D eigenvalue weighted by Crippen LogP contribution is -1.91. The van der Waals surface area contributed by atoms with Crippen LogP contribution in [0.3, 0.4) is 0 Å². The maximum Gasteiger partial charge on any atom is 0.0183 e. The lowest BCUT2D eigenvalue weighted by atomic mass is 10.1. The normalized spacial score (nSPS) is 10.7. The molecular formula is C17H20S. The van der Waals surface area contributed by atoms with Gasteiger partial charge in [-0.1, -0.05) is 36.0 Å². The van der Waals surface area contributed by atoms with Crippen molar-refractivity contribution in [3.05, 3.63) is 58.1 Å². The van der Waals surface area contributed by atoms with Crippen LogP contribution in [0.5, 0.6) is 0 Å². The number of hydrogen-bond acceptors (Lipinski definition) is 1. The summed E-state index contributed by atoms with van der Waals surface area (Å²) in [6, 6.07) is 11.0. The molecule has 0 aliphatic carbocycles. The zero-order valence-electron chi connectivity index (χ0n) is 11.8. The van der Waals surface area contributed by atoms with Crippen LogP contribution < -0.4 is 0 Å². The Kier molecular flexibility index (Phi) is 3.82. The van der Waals surface area contributed by atoms with Crippen molar-refractivity contribution in [2.45, 2.75) is 44.4 Å². The molecule has 0 aromatic heterocycles. The zero-order valence-corrected chi connectivity index (χ0v) is 12.6. The molecule has 2 aromatic carbocycles. The van der Waals surface area contributed by atoms with Crippen LogP contribution >= 0.6 is 11.8 Å². The summed E-state index contributed by atoms with van der Waals surface area (Å²) in [5.74, 6) is 0. The first-order chi connectivity index (χ1) is 8.50. The van der Waals surface area contributed by atoms with Gasteiger partial charge in [0.2, 0.25) is 0 Å². The number of hydrogen-bond donors (Lipinski definition) is 0. The number of rotatable bonds is 2. The van der Waals surface area contributed by atoms with Gasteiger partial charge in [-0.3, -0.25) is 0 Å². The monoisotopic (exact) mass is 256 g/mol. The third-order valence-corrected chi connectivity index (χ3v) is 5.14. The first kappa shape index (κ1) is 13.2. The standard InChI is InChI=1S/C17H20S/c1-11-7-6-8-16(14(11)4)18-17-13(3)10-9-12(2)15(17)5/h6-10H,1-5H3. The highest BCUT2D eigenvalue weighted by Crippen LogP contribution is 2.36. The second kappa shape index (κ2) is 5.19. The summed E-state index contributed by atoms with van der Waals surface area (Å²) >= 11 is 1.90. The van der Waals surface area contributed by atoms with Gasteiger partial charge in [0.15, 0.2) is 0 Å². The minimum absolute atomic E-state index is 1.36. The van der Waals surface area contributed by atoms with E-state index < -0.39 is 0 Å². The lowest BCUT2D eigenvalue weighted by Gasteiger charge is -2.14. The molecule has 0 heterocycles. The SMILES string of the molecule is Cc1cccc(Sc2c(C)ccc(C)c2C)c1C. The van der Waals surface area contributed by atoms with E-state index in [4.69, 9.17) is 0 Å². The second-order valence-electron chi connectivity index (χ2n) is 4.95. The molecule has 2 rings (SSSR count). The molecule has 0 fully saturated rings. The van der Waals surface area contributed by atoms with Gasteiger partial charge in [-0.2, -0.15) is 0 Å². The molecule has 0 N–H and O–H groups in total. The van der Waals surface area contributed by atoms with Crippen LogP contribution in [0.4, 0.5) is 0 Å². The summed E-state index contributed by atoms with van der Waals surface area (Å²) in [5.41, 5.74) is 6.89. The van der Waals surface area contributed by atoms with Crippen molar-refractivity contribution in [3.63, 3.8) is 0 Å². The molecule has 0 aliphatic rings. The van der Waals surface area contributed by atoms with Crippen LogP contribution in [0.2, 0.25) is 0 Å². The average molecular weight is 256 g/mol. The van der Waals surface area contributed by atoms with Crippen molar-refractivity contribution in [1.29, 1.82) is 0 Å². The summed E-state index contributed by atoms with van der Waals surface area (Å²) in [6.45, 7) is 11.0. The van der Waals surface area contributed by atoms with E-state index in [0.717, 1.165) is 0 Å². The molecule has 0 nitrogen and oxygen atoms in total. The third kappa shape index (κ3) is 2.46. The van der Waals surface area contributed by atoms with E-state index in [9.17, 15) is 0 Å². The fraction of sp³-hybridized carbons (Fsp3) is 0.294. The van der Waals surface area contributed by atoms with Crippen LogP contribution in [-0.4, -0.2) is 0 Å². The zero-order chi connectivity index (χ0) is 13.3. The van der Waals surface area contributed by atoms with Crippen molar-refractivity contribution in [3.8, 4) is 0 Å². The quantitative estimate of drug-likeness (QED) is 0.695. The Balaban J connectivity index is 2.46. The predicted octanol–water partition coefficient (Wildman–Crippen LogP) is 5.38. The van der Waals surface area contributed by atoms with Crippen LogP contribution in [-0.2, 0) is 0 Å². The fourth-order valence-electron chi connectivity index (χ4n) is 2.03. The van der Waals surface area contributed by atoms with Crippen molar-refractivity contribution in [2.75, 3.05) is 0 Å². The van der Waals surface area contributed by atoms with Crippen molar-refractivity contribution in [1.82, 2.24) is 0 Å². The summed E-state index contributed by atoms with van der Waals surface area (Å²) in [5, 5.41) is 0. The minimum atomic E-state index is 1.36. The molecule has 0 saturated carbocycles. The van der Waals surface area contributed by atoms with Crippen LogP contribution in [0.25, 0.3) is 0 Å². The van der Waals surface area contributed by atoms with E-state index >= 15 is 0 Å². The first-order valence-electron chi connectivity index (χ1n) is 6.31. The topological polar surface area (TPSA) is 0 Å². The van der Waals surface area contributed by atoms with Crippen molar-refractivity contribution >= 4 is 11.8 Å². The highest BCUT2D eigenvalue weighted by molar-refractivity contribution is 7.99. The van der Waals surface area contributed by atoms with Gasteiger partial charge in [-0.25, -0.2) is 0 Å². The molecule has 0 spiro atoms. The summed E-state index contributed by atoms with van der Waals surface area (Å²) in [4.78, 5) is 2.77. The molecule has 0 radical (unpaired) electrons. The van der Waals surface area contributed by atoms with Gasteiger partial charge >= 0.3 is 0 Å². The van der Waals surface area contributed by atoms with E-state index in [0.29, 0.717) is 0 Å². The van der Waals surface area contributed by atoms with Crippen molar-refractivity contribution < 1.29 is 0 Å². The Morgan fingerprint density at radius 3 is 2.00 bits per heavy atom. The third-order valence-electron chi connectivity index (χ3n) is 3.64. The molecule has 94 valence electrons.